The van der Waals surface area contributed by atoms with Gasteiger partial charge in [0, 0.05) is 19.5 Å². The Kier molecular flexibility index (Phi) is 4.76. The quantitative estimate of drug-likeness (QED) is 0.786. The number of nitrogens with one attached hydrogen (secondary N) is 1. The lowest BCUT2D eigenvalue weighted by Gasteiger charge is -2.05. The molecular weight excluding hydrogens is 254 g/mol. The van der Waals surface area contributed by atoms with Crippen molar-refractivity contribution in [3.63, 3.8) is 0 Å². The van der Waals surface area contributed by atoms with Gasteiger partial charge in [-0.15, -0.1) is 0 Å². The molecule has 110 valence electrons. The Morgan fingerprint density at radius 2 is 2.15 bits per heavy atom. The minimum atomic E-state index is 0.0858. The maximum absolute atomic E-state index is 11.7. The second-order valence-corrected chi connectivity index (χ2v) is 4.96. The number of rotatable bonds is 7. The van der Waals surface area contributed by atoms with Gasteiger partial charge in [-0.25, -0.2) is 0 Å². The Bertz CT molecular complexity index is 584. The molecule has 0 unspecified atom stereocenters. The van der Waals surface area contributed by atoms with Crippen LogP contribution in [0.15, 0.2) is 6.20 Å². The van der Waals surface area contributed by atoms with Gasteiger partial charge in [0.05, 0.1) is 18.4 Å². The number of nitrogens with zero attached hydrogens (tertiary/aromatic N) is 4. The fraction of sp³-hybridized carbons (Fsp3) is 0.643. The molecule has 0 atom stereocenters. The van der Waals surface area contributed by atoms with Gasteiger partial charge in [0.2, 0.25) is 5.91 Å². The molecule has 0 fully saturated rings. The van der Waals surface area contributed by atoms with Crippen molar-refractivity contribution in [3.05, 3.63) is 11.9 Å². The van der Waals surface area contributed by atoms with Crippen LogP contribution in [0.3, 0.4) is 0 Å². The number of hydrogen-bond donors (Lipinski definition) is 1. The molecule has 0 saturated heterocycles. The Morgan fingerprint density at radius 3 is 2.85 bits per heavy atom. The molecule has 6 nitrogen and oxygen atoms in total. The predicted octanol–water partition coefficient (Wildman–Crippen LogP) is 1.87. The molecule has 6 heteroatoms. The van der Waals surface area contributed by atoms with Crippen molar-refractivity contribution in [2.45, 2.75) is 53.1 Å². The molecule has 2 heterocycles. The van der Waals surface area contributed by atoms with E-state index in [1.165, 1.54) is 0 Å². The zero-order valence-corrected chi connectivity index (χ0v) is 12.5. The van der Waals surface area contributed by atoms with Crippen molar-refractivity contribution >= 4 is 16.9 Å². The van der Waals surface area contributed by atoms with Crippen molar-refractivity contribution in [2.75, 3.05) is 6.54 Å². The number of amides is 1. The van der Waals surface area contributed by atoms with E-state index in [2.05, 4.69) is 29.4 Å². The Balaban J connectivity index is 2.00. The molecular formula is C14H23N5O. The highest BCUT2D eigenvalue weighted by atomic mass is 16.1. The van der Waals surface area contributed by atoms with E-state index >= 15 is 0 Å². The molecule has 2 rings (SSSR count). The van der Waals surface area contributed by atoms with Gasteiger partial charge in [-0.05, 0) is 20.3 Å². The molecule has 1 amide bonds. The van der Waals surface area contributed by atoms with Crippen LogP contribution in [-0.2, 0) is 17.9 Å². The largest absolute Gasteiger partial charge is 0.356 e. The third-order valence-electron chi connectivity index (χ3n) is 3.41. The van der Waals surface area contributed by atoms with E-state index in [0.717, 1.165) is 42.7 Å². The standard InChI is InChI=1S/C14H23N5O/c1-4-6-8-15-13(20)7-9-19-14-11(3)17-18(5-2)12(14)10-16-19/h10H,4-9H2,1-3H3,(H,15,20). The summed E-state index contributed by atoms with van der Waals surface area (Å²) in [7, 11) is 0. The SMILES string of the molecule is CCCCNC(=O)CCn1ncc2c1c(C)nn2CC. The summed E-state index contributed by atoms with van der Waals surface area (Å²) in [6.45, 7) is 8.33. The number of carbonyl (C=O) groups is 1. The smallest absolute Gasteiger partial charge is 0.221 e. The monoisotopic (exact) mass is 277 g/mol. The van der Waals surface area contributed by atoms with E-state index < -0.39 is 0 Å². The number of carbonyl (C=O) groups excluding carboxylic acids is 1. The van der Waals surface area contributed by atoms with Gasteiger partial charge in [0.15, 0.2) is 0 Å². The highest BCUT2D eigenvalue weighted by Gasteiger charge is 2.13. The van der Waals surface area contributed by atoms with E-state index in [0.29, 0.717) is 13.0 Å². The molecule has 2 aromatic rings. The lowest BCUT2D eigenvalue weighted by Crippen LogP contribution is -2.25. The van der Waals surface area contributed by atoms with Gasteiger partial charge in [0.1, 0.15) is 11.0 Å². The zero-order chi connectivity index (χ0) is 14.5. The summed E-state index contributed by atoms with van der Waals surface area (Å²) in [6.07, 6.45) is 4.40. The fourth-order valence-electron chi connectivity index (χ4n) is 2.33. The molecule has 0 radical (unpaired) electrons. The minimum Gasteiger partial charge on any atom is -0.356 e. The van der Waals surface area contributed by atoms with Gasteiger partial charge >= 0.3 is 0 Å². The van der Waals surface area contributed by atoms with Crippen molar-refractivity contribution in [3.8, 4) is 0 Å². The van der Waals surface area contributed by atoms with Crippen LogP contribution in [0.1, 0.15) is 38.8 Å². The fourth-order valence-corrected chi connectivity index (χ4v) is 2.33. The summed E-state index contributed by atoms with van der Waals surface area (Å²) in [4.78, 5) is 11.7. The molecule has 20 heavy (non-hydrogen) atoms. The molecule has 0 spiro atoms. The molecule has 0 bridgehead atoms. The first kappa shape index (κ1) is 14.6. The number of hydrogen-bond acceptors (Lipinski definition) is 3. The predicted molar refractivity (Wildman–Crippen MR) is 78.5 cm³/mol. The topological polar surface area (TPSA) is 64.7 Å². The van der Waals surface area contributed by atoms with E-state index in [-0.39, 0.29) is 5.91 Å². The average molecular weight is 277 g/mol. The van der Waals surface area contributed by atoms with Crippen LogP contribution in [0, 0.1) is 6.92 Å². The Morgan fingerprint density at radius 1 is 1.35 bits per heavy atom. The van der Waals surface area contributed by atoms with Gasteiger partial charge in [-0.2, -0.15) is 10.2 Å². The molecule has 0 aliphatic carbocycles. The molecule has 1 N–H and O–H groups in total. The van der Waals surface area contributed by atoms with E-state index in [9.17, 15) is 4.79 Å². The normalized spacial score (nSPS) is 11.2. The first-order chi connectivity index (χ1) is 9.67. The first-order valence-corrected chi connectivity index (χ1v) is 7.33. The van der Waals surface area contributed by atoms with Crippen molar-refractivity contribution < 1.29 is 4.79 Å². The van der Waals surface area contributed by atoms with Crippen LogP contribution in [0.2, 0.25) is 0 Å². The van der Waals surface area contributed by atoms with Crippen LogP contribution in [0.25, 0.3) is 11.0 Å². The molecule has 0 aromatic carbocycles. The van der Waals surface area contributed by atoms with Crippen LogP contribution in [0.4, 0.5) is 0 Å². The Hall–Kier alpha value is -1.85. The lowest BCUT2D eigenvalue weighted by atomic mass is 10.3. The van der Waals surface area contributed by atoms with Crippen LogP contribution in [-0.4, -0.2) is 32.0 Å². The summed E-state index contributed by atoms with van der Waals surface area (Å²) >= 11 is 0. The van der Waals surface area contributed by atoms with E-state index in [1.807, 2.05) is 22.5 Å². The van der Waals surface area contributed by atoms with Gasteiger partial charge < -0.3 is 5.32 Å². The van der Waals surface area contributed by atoms with Crippen molar-refractivity contribution in [2.24, 2.45) is 0 Å². The average Bonchev–Trinajstić information content (AvgIpc) is 2.98. The highest BCUT2D eigenvalue weighted by molar-refractivity contribution is 5.78. The van der Waals surface area contributed by atoms with Crippen molar-refractivity contribution in [1.82, 2.24) is 24.9 Å². The highest BCUT2D eigenvalue weighted by Crippen LogP contribution is 2.17. The van der Waals surface area contributed by atoms with E-state index in [4.69, 9.17) is 0 Å². The second kappa shape index (κ2) is 6.54. The van der Waals surface area contributed by atoms with E-state index in [1.54, 1.807) is 0 Å². The summed E-state index contributed by atoms with van der Waals surface area (Å²) < 4.78 is 3.82. The minimum absolute atomic E-state index is 0.0858. The molecule has 0 aliphatic rings. The molecule has 0 saturated carbocycles. The third-order valence-corrected chi connectivity index (χ3v) is 3.41. The van der Waals surface area contributed by atoms with Crippen LogP contribution in [0.5, 0.6) is 0 Å². The zero-order valence-electron chi connectivity index (χ0n) is 12.5. The molecule has 0 aliphatic heterocycles. The lowest BCUT2D eigenvalue weighted by molar-refractivity contribution is -0.121. The summed E-state index contributed by atoms with van der Waals surface area (Å²) in [5.41, 5.74) is 3.04. The Labute approximate surface area is 119 Å². The maximum atomic E-state index is 11.7. The number of aromatic nitrogens is 4. The summed E-state index contributed by atoms with van der Waals surface area (Å²) in [5, 5.41) is 11.8. The van der Waals surface area contributed by atoms with Gasteiger partial charge in [0.25, 0.3) is 0 Å². The van der Waals surface area contributed by atoms with Gasteiger partial charge in [-0.1, -0.05) is 13.3 Å². The number of unbranched alkanes of at least 4 members (excludes halogenated alkanes) is 1. The van der Waals surface area contributed by atoms with Crippen molar-refractivity contribution in [1.29, 1.82) is 0 Å². The number of fused-ring (bicyclic) bond motifs is 1. The second-order valence-electron chi connectivity index (χ2n) is 4.96. The first-order valence-electron chi connectivity index (χ1n) is 7.33. The van der Waals surface area contributed by atoms with Crippen LogP contribution < -0.4 is 5.32 Å². The van der Waals surface area contributed by atoms with Crippen LogP contribution >= 0.6 is 0 Å². The third kappa shape index (κ3) is 3.00. The number of aryl methyl sites for hydroxylation is 3. The summed E-state index contributed by atoms with van der Waals surface area (Å²) in [5.74, 6) is 0.0858. The van der Waals surface area contributed by atoms with Gasteiger partial charge in [-0.3, -0.25) is 14.2 Å². The summed E-state index contributed by atoms with van der Waals surface area (Å²) in [6, 6.07) is 0. The maximum Gasteiger partial charge on any atom is 0.221 e. The molecule has 2 aromatic heterocycles.